The molecule has 32 heavy (non-hydrogen) atoms. The van der Waals surface area contributed by atoms with Gasteiger partial charge in [0.25, 0.3) is 0 Å². The number of aromatic nitrogens is 3. The summed E-state index contributed by atoms with van der Waals surface area (Å²) in [5, 5.41) is 0. The van der Waals surface area contributed by atoms with E-state index in [9.17, 15) is 4.79 Å². The number of rotatable bonds is 6. The molecule has 2 aromatic carbocycles. The highest BCUT2D eigenvalue weighted by Gasteiger charge is 2.26. The molecule has 0 saturated carbocycles. The molecule has 3 heterocycles. The molecule has 0 spiro atoms. The van der Waals surface area contributed by atoms with Crippen molar-refractivity contribution < 1.29 is 14.3 Å². The topological polar surface area (TPSA) is 103 Å². The lowest BCUT2D eigenvalue weighted by Crippen LogP contribution is -2.12. The molecule has 3 N–H and O–H groups in total. The van der Waals surface area contributed by atoms with Crippen LogP contribution >= 0.6 is 0 Å². The van der Waals surface area contributed by atoms with Crippen molar-refractivity contribution in [3.05, 3.63) is 102 Å². The number of nitrogens with zero attached hydrogens (tertiary/aromatic N) is 2. The number of carbonyl (C=O) groups excluding carboxylic acids is 1. The highest BCUT2D eigenvalue weighted by atomic mass is 16.7. The largest absolute Gasteiger partial charge is 0.458 e. The number of imidazole rings is 1. The van der Waals surface area contributed by atoms with Crippen LogP contribution < -0.4 is 5.73 Å². The predicted octanol–water partition coefficient (Wildman–Crippen LogP) is 4.15. The number of nitrogens with two attached hydrogens (primary N) is 1. The zero-order valence-corrected chi connectivity index (χ0v) is 17.1. The van der Waals surface area contributed by atoms with Crippen molar-refractivity contribution >= 4 is 11.7 Å². The first-order valence-electron chi connectivity index (χ1n) is 10.2. The van der Waals surface area contributed by atoms with Crippen molar-refractivity contribution in [1.82, 2.24) is 15.0 Å². The van der Waals surface area contributed by atoms with Crippen LogP contribution in [0.2, 0.25) is 0 Å². The van der Waals surface area contributed by atoms with Crippen LogP contribution in [0.1, 0.15) is 21.6 Å². The maximum atomic E-state index is 11.4. The number of carbonyl (C=O) groups is 1. The van der Waals surface area contributed by atoms with Gasteiger partial charge in [-0.05, 0) is 29.8 Å². The fourth-order valence-electron chi connectivity index (χ4n) is 3.52. The monoisotopic (exact) mass is 424 g/mol. The summed E-state index contributed by atoms with van der Waals surface area (Å²) in [5.41, 5.74) is 9.74. The van der Waals surface area contributed by atoms with Crippen LogP contribution in [0.25, 0.3) is 28.5 Å². The molecule has 1 atom stereocenters. The smallest absolute Gasteiger partial charge is 0.248 e. The summed E-state index contributed by atoms with van der Waals surface area (Å²) in [5.74, 6) is 0.698. The van der Waals surface area contributed by atoms with Gasteiger partial charge in [-0.3, -0.25) is 9.78 Å². The normalized spacial score (nSPS) is 15.0. The molecule has 158 valence electrons. The Morgan fingerprint density at radius 2 is 1.78 bits per heavy atom. The number of ether oxygens (including phenoxy) is 2. The van der Waals surface area contributed by atoms with Crippen molar-refractivity contribution in [1.29, 1.82) is 0 Å². The second kappa shape index (κ2) is 8.39. The van der Waals surface area contributed by atoms with Crippen molar-refractivity contribution in [2.24, 2.45) is 5.73 Å². The molecule has 0 saturated heterocycles. The van der Waals surface area contributed by atoms with Crippen LogP contribution in [0.15, 0.2) is 85.3 Å². The molecule has 2 aromatic heterocycles. The number of H-pyrrole nitrogens is 1. The van der Waals surface area contributed by atoms with E-state index in [-0.39, 0.29) is 0 Å². The zero-order chi connectivity index (χ0) is 21.9. The van der Waals surface area contributed by atoms with E-state index in [1.54, 1.807) is 36.7 Å². The molecule has 1 amide bonds. The van der Waals surface area contributed by atoms with E-state index < -0.39 is 12.2 Å². The maximum absolute atomic E-state index is 11.4. The van der Waals surface area contributed by atoms with Crippen LogP contribution in [0.3, 0.4) is 0 Å². The van der Waals surface area contributed by atoms with E-state index in [0.29, 0.717) is 40.6 Å². The van der Waals surface area contributed by atoms with Gasteiger partial charge in [0.15, 0.2) is 5.76 Å². The van der Waals surface area contributed by atoms with Crippen LogP contribution in [-0.2, 0) is 15.9 Å². The highest BCUT2D eigenvalue weighted by Crippen LogP contribution is 2.33. The molecule has 4 aromatic rings. The summed E-state index contributed by atoms with van der Waals surface area (Å²) in [6, 6.07) is 22.6. The molecule has 1 aliphatic rings. The molecule has 1 aliphatic heterocycles. The maximum Gasteiger partial charge on any atom is 0.248 e. The molecule has 0 radical (unpaired) electrons. The van der Waals surface area contributed by atoms with Crippen molar-refractivity contribution in [3.8, 4) is 22.8 Å². The second-order valence-corrected chi connectivity index (χ2v) is 7.32. The van der Waals surface area contributed by atoms with Crippen LogP contribution in [0.4, 0.5) is 0 Å². The number of pyridine rings is 1. The van der Waals surface area contributed by atoms with Gasteiger partial charge >= 0.3 is 0 Å². The van der Waals surface area contributed by atoms with Crippen molar-refractivity contribution in [3.63, 3.8) is 0 Å². The molecule has 0 fully saturated rings. The Bertz CT molecular complexity index is 1270. The summed E-state index contributed by atoms with van der Waals surface area (Å²) < 4.78 is 11.9. The molecule has 0 bridgehead atoms. The first-order valence-corrected chi connectivity index (χ1v) is 10.2. The number of benzene rings is 2. The van der Waals surface area contributed by atoms with E-state index in [0.717, 1.165) is 11.1 Å². The van der Waals surface area contributed by atoms with Gasteiger partial charge in [-0.2, -0.15) is 0 Å². The first kappa shape index (κ1) is 19.6. The first-order chi connectivity index (χ1) is 15.7. The van der Waals surface area contributed by atoms with Crippen LogP contribution in [-0.4, -0.2) is 27.1 Å². The minimum atomic E-state index is -0.475. The van der Waals surface area contributed by atoms with Gasteiger partial charge < -0.3 is 20.2 Å². The fraction of sp³-hybridized carbons (Fsp3) is 0.0800. The van der Waals surface area contributed by atoms with Crippen molar-refractivity contribution in [2.75, 3.05) is 0 Å². The highest BCUT2D eigenvalue weighted by molar-refractivity contribution is 5.93. The Balaban J connectivity index is 1.46. The molecule has 7 nitrogen and oxygen atoms in total. The van der Waals surface area contributed by atoms with E-state index in [1.807, 2.05) is 48.5 Å². The fourth-order valence-corrected chi connectivity index (χ4v) is 3.52. The van der Waals surface area contributed by atoms with E-state index in [4.69, 9.17) is 20.2 Å². The summed E-state index contributed by atoms with van der Waals surface area (Å²) in [7, 11) is 0. The summed E-state index contributed by atoms with van der Waals surface area (Å²) in [6.07, 6.45) is 3.52. The predicted molar refractivity (Wildman–Crippen MR) is 120 cm³/mol. The molecule has 0 aliphatic carbocycles. The average molecular weight is 424 g/mol. The van der Waals surface area contributed by atoms with Gasteiger partial charge in [0.1, 0.15) is 23.5 Å². The third kappa shape index (κ3) is 3.96. The minimum Gasteiger partial charge on any atom is -0.458 e. The Hall–Kier alpha value is -4.39. The Morgan fingerprint density at radius 1 is 1.00 bits per heavy atom. The van der Waals surface area contributed by atoms with Gasteiger partial charge in [-0.1, -0.05) is 48.5 Å². The third-order valence-electron chi connectivity index (χ3n) is 5.13. The second-order valence-electron chi connectivity index (χ2n) is 7.32. The van der Waals surface area contributed by atoms with Crippen LogP contribution in [0.5, 0.6) is 0 Å². The van der Waals surface area contributed by atoms with Gasteiger partial charge in [-0.15, -0.1) is 0 Å². The quantitative estimate of drug-likeness (QED) is 0.484. The number of hydrogen-bond acceptors (Lipinski definition) is 5. The SMILES string of the molecule is NC(=O)c1ccc(-c2nc(-c3ccccn3)c(C3=COC(Cc4ccccc4)O3)[nH]2)cc1. The lowest BCUT2D eigenvalue weighted by Gasteiger charge is -2.11. The zero-order valence-electron chi connectivity index (χ0n) is 17.1. The number of primary amides is 1. The van der Waals surface area contributed by atoms with Gasteiger partial charge in [0, 0.05) is 23.7 Å². The van der Waals surface area contributed by atoms with E-state index >= 15 is 0 Å². The van der Waals surface area contributed by atoms with E-state index in [1.165, 1.54) is 0 Å². The Morgan fingerprint density at radius 3 is 2.50 bits per heavy atom. The summed E-state index contributed by atoms with van der Waals surface area (Å²) >= 11 is 0. The number of nitrogens with one attached hydrogen (secondary N) is 1. The Kier molecular flexibility index (Phi) is 5.13. The molecule has 5 rings (SSSR count). The lowest BCUT2D eigenvalue weighted by atomic mass is 10.1. The number of aromatic amines is 1. The minimum absolute atomic E-state index is 0.425. The summed E-state index contributed by atoms with van der Waals surface area (Å²) in [6.45, 7) is 0. The number of amides is 1. The molecular weight excluding hydrogens is 404 g/mol. The lowest BCUT2D eigenvalue weighted by molar-refractivity contribution is -0.0137. The number of hydrogen-bond donors (Lipinski definition) is 2. The third-order valence-corrected chi connectivity index (χ3v) is 5.13. The standard InChI is InChI=1S/C25H20N4O3/c26-24(30)17-9-11-18(12-10-17)25-28-22(19-8-4-5-13-27-19)23(29-25)20-15-31-21(32-20)14-16-6-2-1-3-7-16/h1-13,15,21H,14H2,(H2,26,30)(H,28,29). The molecular formula is C25H20N4O3. The van der Waals surface area contributed by atoms with E-state index in [2.05, 4.69) is 9.97 Å². The Labute approximate surface area is 184 Å². The van der Waals surface area contributed by atoms with Gasteiger partial charge in [0.2, 0.25) is 12.2 Å². The van der Waals surface area contributed by atoms with Gasteiger partial charge in [0.05, 0.1) is 5.69 Å². The summed E-state index contributed by atoms with van der Waals surface area (Å²) in [4.78, 5) is 23.9. The van der Waals surface area contributed by atoms with Crippen LogP contribution in [0, 0.1) is 0 Å². The average Bonchev–Trinajstić information content (AvgIpc) is 3.48. The van der Waals surface area contributed by atoms with Gasteiger partial charge in [-0.25, -0.2) is 4.98 Å². The molecule has 7 heteroatoms. The van der Waals surface area contributed by atoms with Crippen molar-refractivity contribution in [2.45, 2.75) is 12.7 Å². The molecule has 1 unspecified atom stereocenters.